The number of halogens is 2. The zero-order valence-electron chi connectivity index (χ0n) is 13.2. The molecule has 122 valence electrons. The van der Waals surface area contributed by atoms with Crippen molar-refractivity contribution >= 4 is 32.7 Å². The molecule has 0 fully saturated rings. The van der Waals surface area contributed by atoms with Crippen LogP contribution in [0.15, 0.2) is 59.2 Å². The number of carbonyl (C=O) groups excluding carboxylic acids is 1. The van der Waals surface area contributed by atoms with E-state index in [-0.39, 0.29) is 18.3 Å². The fourth-order valence-electron chi connectivity index (χ4n) is 2.65. The summed E-state index contributed by atoms with van der Waals surface area (Å²) >= 11 is 3.34. The second-order valence-electron chi connectivity index (χ2n) is 5.43. The van der Waals surface area contributed by atoms with Gasteiger partial charge in [-0.05, 0) is 37.3 Å². The van der Waals surface area contributed by atoms with Crippen LogP contribution in [0.4, 0.5) is 4.39 Å². The number of benzene rings is 2. The number of nitrogens with zero attached hydrogens (tertiary/aromatic N) is 2. The van der Waals surface area contributed by atoms with E-state index in [9.17, 15) is 9.18 Å². The first kappa shape index (κ1) is 16.6. The van der Waals surface area contributed by atoms with Crippen LogP contribution in [0.2, 0.25) is 0 Å². The van der Waals surface area contributed by atoms with E-state index in [2.05, 4.69) is 20.9 Å². The number of para-hydroxylation sites is 1. The number of hydrogen-bond acceptors (Lipinski definition) is 2. The van der Waals surface area contributed by atoms with Crippen molar-refractivity contribution in [1.29, 1.82) is 0 Å². The lowest BCUT2D eigenvalue weighted by molar-refractivity contribution is 0.0753. The van der Waals surface area contributed by atoms with Crippen LogP contribution in [-0.2, 0) is 6.54 Å². The lowest BCUT2D eigenvalue weighted by atomic mass is 10.1. The Labute approximate surface area is 148 Å². The number of amides is 1. The van der Waals surface area contributed by atoms with E-state index in [4.69, 9.17) is 0 Å². The Morgan fingerprint density at radius 2 is 2.00 bits per heavy atom. The van der Waals surface area contributed by atoms with Crippen molar-refractivity contribution in [1.82, 2.24) is 9.88 Å². The molecule has 0 radical (unpaired) electrons. The third-order valence-corrected chi connectivity index (χ3v) is 4.41. The minimum absolute atomic E-state index is 0.129. The van der Waals surface area contributed by atoms with E-state index in [0.29, 0.717) is 17.7 Å². The monoisotopic (exact) mass is 386 g/mol. The Morgan fingerprint density at radius 1 is 1.21 bits per heavy atom. The third kappa shape index (κ3) is 3.31. The normalized spacial score (nSPS) is 10.8. The van der Waals surface area contributed by atoms with Gasteiger partial charge in [-0.15, -0.1) is 0 Å². The Hall–Kier alpha value is -2.27. The predicted octanol–water partition coefficient (Wildman–Crippen LogP) is 4.80. The molecule has 24 heavy (non-hydrogen) atoms. The van der Waals surface area contributed by atoms with E-state index in [1.807, 2.05) is 31.2 Å². The molecule has 0 N–H and O–H groups in total. The summed E-state index contributed by atoms with van der Waals surface area (Å²) in [7, 11) is 0. The molecule has 0 saturated carbocycles. The van der Waals surface area contributed by atoms with Crippen LogP contribution in [0.25, 0.3) is 10.9 Å². The molecule has 0 spiro atoms. The molecule has 1 aromatic heterocycles. The summed E-state index contributed by atoms with van der Waals surface area (Å²) in [4.78, 5) is 18.9. The van der Waals surface area contributed by atoms with Gasteiger partial charge in [-0.2, -0.15) is 0 Å². The van der Waals surface area contributed by atoms with Crippen LogP contribution in [0, 0.1) is 5.82 Å². The molecule has 0 unspecified atom stereocenters. The Bertz CT molecular complexity index is 892. The van der Waals surface area contributed by atoms with Crippen molar-refractivity contribution in [2.45, 2.75) is 13.5 Å². The highest BCUT2D eigenvalue weighted by Gasteiger charge is 2.18. The van der Waals surface area contributed by atoms with Gasteiger partial charge in [-0.25, -0.2) is 4.39 Å². The maximum absolute atomic E-state index is 14.0. The zero-order chi connectivity index (χ0) is 17.1. The fraction of sp³-hybridized carbons (Fsp3) is 0.158. The Morgan fingerprint density at radius 3 is 2.79 bits per heavy atom. The maximum atomic E-state index is 14.0. The second kappa shape index (κ2) is 7.09. The molecule has 0 aliphatic heterocycles. The molecule has 0 aliphatic carbocycles. The molecule has 3 nitrogen and oxygen atoms in total. The van der Waals surface area contributed by atoms with Crippen molar-refractivity contribution < 1.29 is 9.18 Å². The summed E-state index contributed by atoms with van der Waals surface area (Å²) in [5.74, 6) is -0.445. The first-order chi connectivity index (χ1) is 11.6. The van der Waals surface area contributed by atoms with Gasteiger partial charge in [0, 0.05) is 34.7 Å². The summed E-state index contributed by atoms with van der Waals surface area (Å²) in [6.45, 7) is 2.59. The molecule has 0 bridgehead atoms. The number of carbonyl (C=O) groups is 1. The molecule has 0 saturated heterocycles. The van der Waals surface area contributed by atoms with E-state index in [1.54, 1.807) is 29.3 Å². The van der Waals surface area contributed by atoms with E-state index in [0.717, 1.165) is 15.4 Å². The van der Waals surface area contributed by atoms with Crippen molar-refractivity contribution in [3.63, 3.8) is 0 Å². The van der Waals surface area contributed by atoms with E-state index in [1.165, 1.54) is 6.07 Å². The van der Waals surface area contributed by atoms with Gasteiger partial charge in [-0.3, -0.25) is 9.78 Å². The van der Waals surface area contributed by atoms with Crippen molar-refractivity contribution in [3.05, 3.63) is 76.1 Å². The number of pyridine rings is 1. The van der Waals surface area contributed by atoms with Crippen LogP contribution in [-0.4, -0.2) is 22.3 Å². The molecule has 3 rings (SSSR count). The number of fused-ring (bicyclic) bond motifs is 1. The van der Waals surface area contributed by atoms with Gasteiger partial charge in [0.05, 0.1) is 11.1 Å². The summed E-state index contributed by atoms with van der Waals surface area (Å²) < 4.78 is 14.8. The minimum atomic E-state index is -0.316. The lowest BCUT2D eigenvalue weighted by Crippen LogP contribution is -2.30. The largest absolute Gasteiger partial charge is 0.334 e. The summed E-state index contributed by atoms with van der Waals surface area (Å²) in [6.07, 6.45) is 1.63. The maximum Gasteiger partial charge on any atom is 0.254 e. The molecule has 2 aromatic carbocycles. The SMILES string of the molecule is CCN(Cc1cc(Br)ccc1F)C(=O)c1ccnc2ccccc12. The minimum Gasteiger partial charge on any atom is -0.334 e. The molecule has 0 aliphatic rings. The molecule has 1 amide bonds. The van der Waals surface area contributed by atoms with E-state index < -0.39 is 0 Å². The van der Waals surface area contributed by atoms with Crippen molar-refractivity contribution in [2.75, 3.05) is 6.54 Å². The lowest BCUT2D eigenvalue weighted by Gasteiger charge is -2.22. The van der Waals surface area contributed by atoms with Crippen molar-refractivity contribution in [3.8, 4) is 0 Å². The van der Waals surface area contributed by atoms with Gasteiger partial charge in [0.25, 0.3) is 5.91 Å². The smallest absolute Gasteiger partial charge is 0.254 e. The standard InChI is InChI=1S/C19H16BrFN2O/c1-2-23(12-13-11-14(20)7-8-17(13)21)19(24)16-9-10-22-18-6-4-3-5-15(16)18/h3-11H,2,12H2,1H3. The highest BCUT2D eigenvalue weighted by Crippen LogP contribution is 2.21. The van der Waals surface area contributed by atoms with Crippen LogP contribution >= 0.6 is 15.9 Å². The van der Waals surface area contributed by atoms with Gasteiger partial charge in [-0.1, -0.05) is 34.1 Å². The topological polar surface area (TPSA) is 33.2 Å². The van der Waals surface area contributed by atoms with Gasteiger partial charge >= 0.3 is 0 Å². The Kier molecular flexibility index (Phi) is 4.90. The molecule has 3 aromatic rings. The predicted molar refractivity (Wildman–Crippen MR) is 96.3 cm³/mol. The van der Waals surface area contributed by atoms with Crippen LogP contribution in [0.5, 0.6) is 0 Å². The van der Waals surface area contributed by atoms with Gasteiger partial charge < -0.3 is 4.90 Å². The summed E-state index contributed by atoms with van der Waals surface area (Å²) in [5, 5.41) is 0.804. The second-order valence-corrected chi connectivity index (χ2v) is 6.35. The molecular weight excluding hydrogens is 371 g/mol. The summed E-state index contributed by atoms with van der Waals surface area (Å²) in [5.41, 5.74) is 1.84. The fourth-order valence-corrected chi connectivity index (χ4v) is 3.06. The average molecular weight is 387 g/mol. The van der Waals surface area contributed by atoms with Crippen LogP contribution < -0.4 is 0 Å². The van der Waals surface area contributed by atoms with E-state index >= 15 is 0 Å². The molecule has 1 heterocycles. The molecule has 5 heteroatoms. The summed E-state index contributed by atoms with van der Waals surface area (Å²) in [6, 6.07) is 14.0. The highest BCUT2D eigenvalue weighted by molar-refractivity contribution is 9.10. The number of rotatable bonds is 4. The van der Waals surface area contributed by atoms with Crippen LogP contribution in [0.1, 0.15) is 22.8 Å². The van der Waals surface area contributed by atoms with Gasteiger partial charge in [0.15, 0.2) is 0 Å². The molecular formula is C19H16BrFN2O. The van der Waals surface area contributed by atoms with Gasteiger partial charge in [0.2, 0.25) is 0 Å². The quantitative estimate of drug-likeness (QED) is 0.645. The zero-order valence-corrected chi connectivity index (χ0v) is 14.8. The number of hydrogen-bond donors (Lipinski definition) is 0. The first-order valence-corrected chi connectivity index (χ1v) is 8.46. The molecule has 0 atom stereocenters. The Balaban J connectivity index is 1.95. The first-order valence-electron chi connectivity index (χ1n) is 7.67. The highest BCUT2D eigenvalue weighted by atomic mass is 79.9. The van der Waals surface area contributed by atoms with Crippen molar-refractivity contribution in [2.24, 2.45) is 0 Å². The third-order valence-electron chi connectivity index (χ3n) is 3.92. The van der Waals surface area contributed by atoms with Gasteiger partial charge in [0.1, 0.15) is 5.82 Å². The number of aromatic nitrogens is 1. The van der Waals surface area contributed by atoms with Crippen LogP contribution in [0.3, 0.4) is 0 Å². The average Bonchev–Trinajstić information content (AvgIpc) is 2.61.